The molecule has 0 unspecified atom stereocenters. The number of carbonyl (C=O) groups excluding carboxylic acids is 2. The lowest BCUT2D eigenvalue weighted by Gasteiger charge is -2.38. The largest absolute Gasteiger partial charge is 0.497 e. The Morgan fingerprint density at radius 1 is 1.23 bits per heavy atom. The van der Waals surface area contributed by atoms with Gasteiger partial charge in [-0.1, -0.05) is 49.3 Å². The summed E-state index contributed by atoms with van der Waals surface area (Å²) in [5.74, 6) is 1.51. The fourth-order valence-corrected chi connectivity index (χ4v) is 5.55. The van der Waals surface area contributed by atoms with Crippen molar-refractivity contribution in [3.05, 3.63) is 76.0 Å². The molecular weight excluding hydrogens is 484 g/mol. The molecule has 2 heterocycles. The SMILES string of the molecule is COc1ccc(C(=O)CSc2nc3n(n2)[C@H](c2cccc(Cl)c2)C2=C(CC(C)(C)CC2=O)N3)cc1. The maximum atomic E-state index is 13.3. The van der Waals surface area contributed by atoms with Gasteiger partial charge in [-0.25, -0.2) is 4.68 Å². The van der Waals surface area contributed by atoms with E-state index in [1.54, 1.807) is 36.1 Å². The average molecular weight is 509 g/mol. The molecule has 2 aromatic carbocycles. The van der Waals surface area contributed by atoms with Gasteiger partial charge >= 0.3 is 0 Å². The standard InChI is InChI=1S/C26H25ClN4O3S/c1-26(2)12-19-22(20(32)13-26)23(16-5-4-6-17(27)11-16)31-24(28-19)29-25(30-31)35-14-21(33)15-7-9-18(34-3)10-8-15/h4-11,23H,12-14H2,1-3H3,(H,28,29,30)/t23-/m1/s1. The van der Waals surface area contributed by atoms with E-state index in [-0.39, 0.29) is 22.7 Å². The molecule has 1 atom stereocenters. The summed E-state index contributed by atoms with van der Waals surface area (Å²) in [6, 6.07) is 14.1. The van der Waals surface area contributed by atoms with Gasteiger partial charge in [0.15, 0.2) is 11.6 Å². The van der Waals surface area contributed by atoms with E-state index in [1.807, 2.05) is 24.3 Å². The highest BCUT2D eigenvalue weighted by molar-refractivity contribution is 7.99. The highest BCUT2D eigenvalue weighted by Crippen LogP contribution is 2.45. The Morgan fingerprint density at radius 2 is 2.00 bits per heavy atom. The van der Waals surface area contributed by atoms with Gasteiger partial charge in [0.2, 0.25) is 11.1 Å². The van der Waals surface area contributed by atoms with E-state index >= 15 is 0 Å². The van der Waals surface area contributed by atoms with Crippen LogP contribution in [0.2, 0.25) is 5.02 Å². The summed E-state index contributed by atoms with van der Waals surface area (Å²) in [7, 11) is 1.59. The molecule has 2 aliphatic rings. The van der Waals surface area contributed by atoms with Crippen molar-refractivity contribution in [3.63, 3.8) is 0 Å². The first kappa shape index (κ1) is 23.6. The molecule has 0 amide bonds. The van der Waals surface area contributed by atoms with Crippen LogP contribution in [-0.2, 0) is 4.79 Å². The molecule has 180 valence electrons. The molecule has 0 bridgehead atoms. The Hall–Kier alpha value is -3.10. The van der Waals surface area contributed by atoms with E-state index in [0.717, 1.165) is 17.7 Å². The molecule has 5 rings (SSSR count). The molecule has 7 nitrogen and oxygen atoms in total. The summed E-state index contributed by atoms with van der Waals surface area (Å²) >= 11 is 7.57. The molecule has 0 saturated carbocycles. The van der Waals surface area contributed by atoms with E-state index in [9.17, 15) is 9.59 Å². The van der Waals surface area contributed by atoms with Crippen LogP contribution in [0.25, 0.3) is 0 Å². The van der Waals surface area contributed by atoms with Gasteiger partial charge < -0.3 is 10.1 Å². The number of nitrogens with one attached hydrogen (secondary N) is 1. The second kappa shape index (κ2) is 9.17. The molecule has 1 aromatic heterocycles. The number of aromatic nitrogens is 3. The van der Waals surface area contributed by atoms with Gasteiger partial charge in [0, 0.05) is 28.3 Å². The van der Waals surface area contributed by atoms with Crippen LogP contribution in [-0.4, -0.2) is 39.2 Å². The van der Waals surface area contributed by atoms with Crippen LogP contribution in [0.15, 0.2) is 65.0 Å². The lowest BCUT2D eigenvalue weighted by Crippen LogP contribution is -2.36. The number of ketones is 2. The number of fused-ring (bicyclic) bond motifs is 1. The Kier molecular flexibility index (Phi) is 6.19. The number of hydrogen-bond donors (Lipinski definition) is 1. The van der Waals surface area contributed by atoms with Gasteiger partial charge in [0.25, 0.3) is 0 Å². The highest BCUT2D eigenvalue weighted by atomic mass is 35.5. The summed E-state index contributed by atoms with van der Waals surface area (Å²) in [5.41, 5.74) is 2.90. The molecule has 0 spiro atoms. The third-order valence-corrected chi connectivity index (χ3v) is 7.29. The number of Topliss-reactive ketones (excluding diaryl/α,β-unsaturated/α-hetero) is 2. The highest BCUT2D eigenvalue weighted by Gasteiger charge is 2.42. The lowest BCUT2D eigenvalue weighted by atomic mass is 9.73. The number of thioether (sulfide) groups is 1. The van der Waals surface area contributed by atoms with Crippen LogP contribution >= 0.6 is 23.4 Å². The summed E-state index contributed by atoms with van der Waals surface area (Å²) in [6.45, 7) is 4.19. The minimum Gasteiger partial charge on any atom is -0.497 e. The second-order valence-corrected chi connectivity index (χ2v) is 10.9. The van der Waals surface area contributed by atoms with Gasteiger partial charge in [-0.05, 0) is 53.8 Å². The van der Waals surface area contributed by atoms with Crippen molar-refractivity contribution < 1.29 is 14.3 Å². The average Bonchev–Trinajstić information content (AvgIpc) is 3.23. The van der Waals surface area contributed by atoms with E-state index in [1.165, 1.54) is 11.8 Å². The minimum atomic E-state index is -0.428. The predicted molar refractivity (Wildman–Crippen MR) is 136 cm³/mol. The Bertz CT molecular complexity index is 1350. The molecule has 0 radical (unpaired) electrons. The molecule has 35 heavy (non-hydrogen) atoms. The Morgan fingerprint density at radius 3 is 2.71 bits per heavy atom. The first-order valence-corrected chi connectivity index (χ1v) is 12.7. The molecule has 1 aliphatic carbocycles. The third-order valence-electron chi connectivity index (χ3n) is 6.22. The predicted octanol–water partition coefficient (Wildman–Crippen LogP) is 5.57. The number of allylic oxidation sites excluding steroid dienone is 2. The molecule has 9 heteroatoms. The molecular formula is C26H25ClN4O3S. The van der Waals surface area contributed by atoms with E-state index < -0.39 is 6.04 Å². The van der Waals surface area contributed by atoms with Gasteiger partial charge in [-0.15, -0.1) is 5.10 Å². The molecule has 1 N–H and O–H groups in total. The molecule has 1 aliphatic heterocycles. The topological polar surface area (TPSA) is 86.1 Å². The number of ether oxygens (including phenoxy) is 1. The van der Waals surface area contributed by atoms with Crippen LogP contribution in [0.3, 0.4) is 0 Å². The number of carbonyl (C=O) groups is 2. The van der Waals surface area contributed by atoms with Crippen LogP contribution < -0.4 is 10.1 Å². The zero-order valence-corrected chi connectivity index (χ0v) is 21.2. The van der Waals surface area contributed by atoms with Crippen LogP contribution in [0.5, 0.6) is 5.75 Å². The number of rotatable bonds is 6. The van der Waals surface area contributed by atoms with Crippen molar-refractivity contribution in [2.45, 2.75) is 37.9 Å². The summed E-state index contributed by atoms with van der Waals surface area (Å²) in [6.07, 6.45) is 1.20. The molecule has 0 fully saturated rings. The summed E-state index contributed by atoms with van der Waals surface area (Å²) in [5, 5.41) is 9.11. The number of methoxy groups -OCH3 is 1. The number of nitrogens with zero attached hydrogens (tertiary/aromatic N) is 3. The summed E-state index contributed by atoms with van der Waals surface area (Å²) < 4.78 is 6.89. The van der Waals surface area contributed by atoms with E-state index in [2.05, 4.69) is 24.1 Å². The smallest absolute Gasteiger partial charge is 0.227 e. The fourth-order valence-electron chi connectivity index (χ4n) is 4.63. The second-order valence-electron chi connectivity index (χ2n) is 9.52. The summed E-state index contributed by atoms with van der Waals surface area (Å²) in [4.78, 5) is 30.7. The van der Waals surface area contributed by atoms with Crippen molar-refractivity contribution in [2.75, 3.05) is 18.2 Å². The Balaban J connectivity index is 1.45. The monoisotopic (exact) mass is 508 g/mol. The van der Waals surface area contributed by atoms with Crippen molar-refractivity contribution in [3.8, 4) is 5.75 Å². The van der Waals surface area contributed by atoms with Crippen LogP contribution in [0.4, 0.5) is 5.95 Å². The number of halogens is 1. The number of anilines is 1. The normalized spacial score (nSPS) is 18.5. The zero-order valence-electron chi connectivity index (χ0n) is 19.7. The van der Waals surface area contributed by atoms with Crippen LogP contribution in [0, 0.1) is 5.41 Å². The van der Waals surface area contributed by atoms with Crippen LogP contribution in [0.1, 0.15) is 48.7 Å². The van der Waals surface area contributed by atoms with Gasteiger partial charge in [0.05, 0.1) is 12.9 Å². The van der Waals surface area contributed by atoms with Gasteiger partial charge in [-0.3, -0.25) is 9.59 Å². The first-order chi connectivity index (χ1) is 16.7. The van der Waals surface area contributed by atoms with Crippen molar-refractivity contribution in [2.24, 2.45) is 5.41 Å². The van der Waals surface area contributed by atoms with Gasteiger partial charge in [0.1, 0.15) is 11.8 Å². The molecule has 3 aromatic rings. The van der Waals surface area contributed by atoms with E-state index in [4.69, 9.17) is 21.4 Å². The number of benzene rings is 2. The Labute approximate surface area is 212 Å². The van der Waals surface area contributed by atoms with Crippen molar-refractivity contribution in [1.82, 2.24) is 14.8 Å². The first-order valence-electron chi connectivity index (χ1n) is 11.3. The fraction of sp³-hybridized carbons (Fsp3) is 0.308. The number of hydrogen-bond acceptors (Lipinski definition) is 7. The maximum absolute atomic E-state index is 13.3. The van der Waals surface area contributed by atoms with Gasteiger partial charge in [-0.2, -0.15) is 4.98 Å². The van der Waals surface area contributed by atoms with Crippen molar-refractivity contribution >= 4 is 40.9 Å². The third kappa shape index (κ3) is 4.73. The quantitative estimate of drug-likeness (QED) is 0.344. The molecule has 0 saturated heterocycles. The van der Waals surface area contributed by atoms with Crippen molar-refractivity contribution in [1.29, 1.82) is 0 Å². The van der Waals surface area contributed by atoms with E-state index in [0.29, 0.717) is 39.4 Å². The lowest BCUT2D eigenvalue weighted by molar-refractivity contribution is -0.118. The maximum Gasteiger partial charge on any atom is 0.227 e. The zero-order chi connectivity index (χ0) is 24.7. The minimum absolute atomic E-state index is 0.0286.